The number of fused-ring (bicyclic) bond motifs is 9. The van der Waals surface area contributed by atoms with Crippen LogP contribution in [-0.4, -0.2) is 0 Å². The van der Waals surface area contributed by atoms with Gasteiger partial charge in [-0.15, -0.1) is 0 Å². The Bertz CT molecular complexity index is 3590. The largest absolute Gasteiger partial charge is 0.455 e. The summed E-state index contributed by atoms with van der Waals surface area (Å²) in [6.45, 7) is 0. The number of anilines is 3. The highest BCUT2D eigenvalue weighted by Crippen LogP contribution is 2.49. The quantitative estimate of drug-likeness (QED) is 0.150. The fraction of sp³-hybridized carbons (Fsp3) is 0. The van der Waals surface area contributed by atoms with Crippen molar-refractivity contribution in [3.8, 4) is 44.5 Å². The first-order valence-electron chi connectivity index (χ1n) is 21.3. The van der Waals surface area contributed by atoms with Crippen LogP contribution < -0.4 is 4.90 Å². The maximum atomic E-state index is 6.85. The van der Waals surface area contributed by atoms with Crippen LogP contribution in [0.1, 0.15) is 0 Å². The first-order valence-corrected chi connectivity index (χ1v) is 21.3. The Hall–Kier alpha value is -8.20. The van der Waals surface area contributed by atoms with Crippen molar-refractivity contribution in [2.45, 2.75) is 0 Å². The van der Waals surface area contributed by atoms with Crippen LogP contribution >= 0.6 is 0 Å². The van der Waals surface area contributed by atoms with E-state index in [4.69, 9.17) is 4.42 Å². The molecule has 2 heteroatoms. The molecule has 12 aromatic rings. The fourth-order valence-corrected chi connectivity index (χ4v) is 9.55. The molecule has 0 radical (unpaired) electrons. The number of hydrogen-bond acceptors (Lipinski definition) is 2. The molecule has 0 fully saturated rings. The first kappa shape index (κ1) is 35.7. The first-order chi connectivity index (χ1) is 30.8. The highest BCUT2D eigenvalue weighted by molar-refractivity contribution is 6.26. The van der Waals surface area contributed by atoms with Crippen LogP contribution in [0.4, 0.5) is 17.1 Å². The molecule has 0 aliphatic carbocycles. The van der Waals surface area contributed by atoms with Gasteiger partial charge in [0.25, 0.3) is 0 Å². The summed E-state index contributed by atoms with van der Waals surface area (Å²) in [5.74, 6) is 0. The normalized spacial score (nSPS) is 11.5. The molecule has 290 valence electrons. The van der Waals surface area contributed by atoms with Gasteiger partial charge in [-0.2, -0.15) is 0 Å². The summed E-state index contributed by atoms with van der Waals surface area (Å²) in [5.41, 5.74) is 14.1. The molecule has 12 rings (SSSR count). The molecule has 1 aromatic heterocycles. The molecular weight excluding hydrogens is 751 g/mol. The summed E-state index contributed by atoms with van der Waals surface area (Å²) in [6.07, 6.45) is 0. The van der Waals surface area contributed by atoms with E-state index in [0.717, 1.165) is 72.4 Å². The van der Waals surface area contributed by atoms with E-state index in [1.807, 2.05) is 0 Å². The van der Waals surface area contributed by atoms with Gasteiger partial charge < -0.3 is 9.32 Å². The van der Waals surface area contributed by atoms with Gasteiger partial charge in [0, 0.05) is 22.2 Å². The molecule has 0 saturated heterocycles. The predicted molar refractivity (Wildman–Crippen MR) is 263 cm³/mol. The summed E-state index contributed by atoms with van der Waals surface area (Å²) >= 11 is 0. The van der Waals surface area contributed by atoms with E-state index < -0.39 is 0 Å². The van der Waals surface area contributed by atoms with Crippen LogP contribution in [0, 0.1) is 0 Å². The molecule has 0 unspecified atom stereocenters. The highest BCUT2D eigenvalue weighted by atomic mass is 16.3. The van der Waals surface area contributed by atoms with Crippen LogP contribution in [0.5, 0.6) is 0 Å². The lowest BCUT2D eigenvalue weighted by Gasteiger charge is -2.29. The van der Waals surface area contributed by atoms with E-state index in [0.29, 0.717) is 0 Å². The van der Waals surface area contributed by atoms with Gasteiger partial charge in [-0.05, 0) is 108 Å². The van der Waals surface area contributed by atoms with Crippen molar-refractivity contribution in [1.29, 1.82) is 0 Å². The number of furan rings is 1. The smallest absolute Gasteiger partial charge is 0.145 e. The molecule has 0 bridgehead atoms. The third-order valence-corrected chi connectivity index (χ3v) is 12.5. The van der Waals surface area contributed by atoms with E-state index in [2.05, 4.69) is 241 Å². The fourth-order valence-electron chi connectivity index (χ4n) is 9.55. The van der Waals surface area contributed by atoms with Crippen LogP contribution in [0.25, 0.3) is 98.8 Å². The molecule has 0 spiro atoms. The number of hydrogen-bond donors (Lipinski definition) is 0. The van der Waals surface area contributed by atoms with Gasteiger partial charge in [0.2, 0.25) is 0 Å². The van der Waals surface area contributed by atoms with Gasteiger partial charge in [-0.1, -0.05) is 194 Å². The van der Waals surface area contributed by atoms with Crippen molar-refractivity contribution in [3.05, 3.63) is 237 Å². The lowest BCUT2D eigenvalue weighted by molar-refractivity contribution is 0.670. The van der Waals surface area contributed by atoms with Crippen LogP contribution in [0.3, 0.4) is 0 Å². The van der Waals surface area contributed by atoms with E-state index >= 15 is 0 Å². The number of nitrogens with zero attached hydrogens (tertiary/aromatic N) is 1. The average molecular weight is 790 g/mol. The molecule has 1 heterocycles. The third kappa shape index (κ3) is 5.96. The van der Waals surface area contributed by atoms with E-state index in [9.17, 15) is 0 Å². The van der Waals surface area contributed by atoms with E-state index in [1.54, 1.807) is 0 Å². The molecular formula is C60H39NO. The zero-order chi connectivity index (χ0) is 41.0. The molecule has 2 nitrogen and oxygen atoms in total. The van der Waals surface area contributed by atoms with Gasteiger partial charge >= 0.3 is 0 Å². The standard InChI is InChI=1S/C60H39NO/c1-3-16-40(17-4-1)41-30-32-42(33-31-41)44-20-15-21-46(38-44)61(57-37-36-48(43-18-5-2-6-19-43)60-59(57)54-27-12-14-29-58(54)62-60)56-28-13-11-22-47(56)45-34-35-53-51-25-8-7-23-49(51)50-24-9-10-26-52(50)55(53)39-45/h1-39H. The Morgan fingerprint density at radius 3 is 1.50 bits per heavy atom. The third-order valence-electron chi connectivity index (χ3n) is 12.5. The summed E-state index contributed by atoms with van der Waals surface area (Å²) in [5, 5.41) is 9.72. The van der Waals surface area contributed by atoms with Crippen molar-refractivity contribution < 1.29 is 4.42 Å². The van der Waals surface area contributed by atoms with Gasteiger partial charge in [0.05, 0.1) is 16.8 Å². The molecule has 0 saturated carbocycles. The van der Waals surface area contributed by atoms with Gasteiger partial charge in [-0.3, -0.25) is 0 Å². The zero-order valence-electron chi connectivity index (χ0n) is 33.9. The van der Waals surface area contributed by atoms with Crippen molar-refractivity contribution in [1.82, 2.24) is 0 Å². The average Bonchev–Trinajstić information content (AvgIpc) is 3.75. The Kier molecular flexibility index (Phi) is 8.53. The summed E-state index contributed by atoms with van der Waals surface area (Å²) in [6, 6.07) is 85.4. The minimum atomic E-state index is 0.862. The molecule has 11 aromatic carbocycles. The van der Waals surface area contributed by atoms with Gasteiger partial charge in [-0.25, -0.2) is 0 Å². The topological polar surface area (TPSA) is 16.4 Å². The van der Waals surface area contributed by atoms with Crippen molar-refractivity contribution in [2.24, 2.45) is 0 Å². The van der Waals surface area contributed by atoms with Gasteiger partial charge in [0.1, 0.15) is 11.2 Å². The number of para-hydroxylation sites is 2. The zero-order valence-corrected chi connectivity index (χ0v) is 33.9. The Balaban J connectivity index is 1.10. The van der Waals surface area contributed by atoms with Gasteiger partial charge in [0.15, 0.2) is 0 Å². The van der Waals surface area contributed by atoms with Crippen LogP contribution in [0.15, 0.2) is 241 Å². The summed E-state index contributed by atoms with van der Waals surface area (Å²) < 4.78 is 6.85. The number of benzene rings is 11. The monoisotopic (exact) mass is 789 g/mol. The molecule has 0 amide bonds. The molecule has 0 aliphatic rings. The second-order valence-electron chi connectivity index (χ2n) is 16.0. The second-order valence-corrected chi connectivity index (χ2v) is 16.0. The Morgan fingerprint density at radius 2 is 0.790 bits per heavy atom. The SMILES string of the molecule is c1ccc(-c2ccc(-c3cccc(N(c4ccccc4-c4ccc5c6ccccc6c6ccccc6c5c4)c4ccc(-c5ccccc5)c5oc6ccccc6c45)c3)cc2)cc1. The van der Waals surface area contributed by atoms with Crippen molar-refractivity contribution in [2.75, 3.05) is 4.90 Å². The Labute approximate surface area is 360 Å². The molecule has 62 heavy (non-hydrogen) atoms. The maximum absolute atomic E-state index is 6.85. The maximum Gasteiger partial charge on any atom is 0.145 e. The minimum absolute atomic E-state index is 0.862. The minimum Gasteiger partial charge on any atom is -0.455 e. The van der Waals surface area contributed by atoms with Crippen molar-refractivity contribution in [3.63, 3.8) is 0 Å². The van der Waals surface area contributed by atoms with Crippen molar-refractivity contribution >= 4 is 71.3 Å². The van der Waals surface area contributed by atoms with E-state index in [-0.39, 0.29) is 0 Å². The summed E-state index contributed by atoms with van der Waals surface area (Å²) in [7, 11) is 0. The van der Waals surface area contributed by atoms with E-state index in [1.165, 1.54) is 43.4 Å². The van der Waals surface area contributed by atoms with Crippen LogP contribution in [-0.2, 0) is 0 Å². The predicted octanol–water partition coefficient (Wildman–Crippen LogP) is 17.2. The second kappa shape index (κ2) is 14.8. The molecule has 0 aliphatic heterocycles. The molecule has 0 N–H and O–H groups in total. The number of rotatable bonds is 7. The Morgan fingerprint density at radius 1 is 0.274 bits per heavy atom. The lowest BCUT2D eigenvalue weighted by atomic mass is 9.91. The summed E-state index contributed by atoms with van der Waals surface area (Å²) in [4.78, 5) is 2.44. The highest BCUT2D eigenvalue weighted by Gasteiger charge is 2.24. The molecule has 0 atom stereocenters. The van der Waals surface area contributed by atoms with Crippen LogP contribution in [0.2, 0.25) is 0 Å². The lowest BCUT2D eigenvalue weighted by Crippen LogP contribution is -2.12.